The number of pyridine rings is 1. The molecule has 8 heteroatoms. The number of aliphatic hydroxyl groups excluding tert-OH is 1. The molecular weight excluding hydrogens is 578 g/mol. The number of rotatable bonds is 9. The molecule has 3 heterocycles. The molecule has 2 amide bonds. The van der Waals surface area contributed by atoms with Crippen molar-refractivity contribution in [1.29, 1.82) is 0 Å². The fourth-order valence-electron chi connectivity index (χ4n) is 7.18. The zero-order valence-electron chi connectivity index (χ0n) is 25.3. The van der Waals surface area contributed by atoms with Crippen LogP contribution in [-0.4, -0.2) is 46.3 Å². The smallest absolute Gasteiger partial charge is 0.238 e. The van der Waals surface area contributed by atoms with Gasteiger partial charge in [-0.25, -0.2) is 0 Å². The number of imide groups is 1. The van der Waals surface area contributed by atoms with Gasteiger partial charge in [0.15, 0.2) is 0 Å². The number of nitrogens with one attached hydrogen (secondary N) is 1. The summed E-state index contributed by atoms with van der Waals surface area (Å²) >= 11 is 0. The van der Waals surface area contributed by atoms with Crippen molar-refractivity contribution in [1.82, 2.24) is 4.98 Å². The van der Waals surface area contributed by atoms with Gasteiger partial charge in [-0.05, 0) is 108 Å². The summed E-state index contributed by atoms with van der Waals surface area (Å²) < 4.78 is 6.35. The van der Waals surface area contributed by atoms with Crippen molar-refractivity contribution < 1.29 is 24.5 Å². The van der Waals surface area contributed by atoms with Crippen molar-refractivity contribution in [2.24, 2.45) is 17.8 Å². The van der Waals surface area contributed by atoms with E-state index in [2.05, 4.69) is 10.3 Å². The number of benzene rings is 3. The first-order chi connectivity index (χ1) is 22.5. The molecule has 4 atom stereocenters. The zero-order chi connectivity index (χ0) is 31.6. The first-order valence-electron chi connectivity index (χ1n) is 15.7. The van der Waals surface area contributed by atoms with Gasteiger partial charge in [-0.1, -0.05) is 36.4 Å². The standard InChI is InChI=1S/C38H35N3O5/c42-22-26-21-31-36(38(45)41(37(31)44)29-15-13-28(14-16-29)40-27-8-2-1-3-9-27)32-23-46-34(35(26)32)17-12-25(33-11-4-5-18-39-33)19-24-7-6-10-30(43)20-24/h1-11,13-16,18-20,31-32,34,36,40,42-43H,12,17,21-23H2/b25-19-/t31-,32+,34-,36-/m1/s1. The Balaban J connectivity index is 1.10. The van der Waals surface area contributed by atoms with Gasteiger partial charge in [-0.2, -0.15) is 0 Å². The number of anilines is 3. The molecule has 46 heavy (non-hydrogen) atoms. The number of carbonyl (C=O) groups is 2. The molecular formula is C38H35N3O5. The minimum Gasteiger partial charge on any atom is -0.508 e. The number of phenolic OH excluding ortho intramolecular Hbond substituents is 1. The van der Waals surface area contributed by atoms with Crippen LogP contribution < -0.4 is 10.2 Å². The molecule has 0 saturated carbocycles. The molecule has 3 aliphatic rings. The fourth-order valence-corrected chi connectivity index (χ4v) is 7.18. The van der Waals surface area contributed by atoms with Crippen LogP contribution in [0.1, 0.15) is 30.5 Å². The summed E-state index contributed by atoms with van der Waals surface area (Å²) in [5.74, 6) is -1.56. The van der Waals surface area contributed by atoms with Crippen LogP contribution in [0.3, 0.4) is 0 Å². The summed E-state index contributed by atoms with van der Waals surface area (Å²) in [7, 11) is 0. The number of ether oxygens (including phenoxy) is 1. The van der Waals surface area contributed by atoms with Gasteiger partial charge in [0, 0.05) is 23.5 Å². The Labute approximate surface area is 267 Å². The lowest BCUT2D eigenvalue weighted by Gasteiger charge is -2.31. The summed E-state index contributed by atoms with van der Waals surface area (Å²) in [4.78, 5) is 33.6. The summed E-state index contributed by atoms with van der Waals surface area (Å²) in [6.45, 7) is 0.148. The van der Waals surface area contributed by atoms with Crippen LogP contribution in [0, 0.1) is 17.8 Å². The van der Waals surface area contributed by atoms with Gasteiger partial charge in [0.05, 0.1) is 42.5 Å². The Morgan fingerprint density at radius 1 is 0.913 bits per heavy atom. The maximum Gasteiger partial charge on any atom is 0.238 e. The quantitative estimate of drug-likeness (QED) is 0.149. The van der Waals surface area contributed by atoms with Gasteiger partial charge < -0.3 is 20.3 Å². The minimum absolute atomic E-state index is 0.178. The van der Waals surface area contributed by atoms with E-state index in [1.807, 2.05) is 72.8 Å². The minimum atomic E-state index is -0.525. The third-order valence-electron chi connectivity index (χ3n) is 9.27. The lowest BCUT2D eigenvalue weighted by Crippen LogP contribution is -2.35. The summed E-state index contributed by atoms with van der Waals surface area (Å²) in [6.07, 6.45) is 5.07. The van der Waals surface area contributed by atoms with Gasteiger partial charge in [0.1, 0.15) is 5.75 Å². The van der Waals surface area contributed by atoms with Crippen LogP contribution in [0.2, 0.25) is 0 Å². The maximum atomic E-state index is 14.0. The Morgan fingerprint density at radius 2 is 1.70 bits per heavy atom. The number of aromatic nitrogens is 1. The molecule has 1 aromatic heterocycles. The predicted molar refractivity (Wildman–Crippen MR) is 177 cm³/mol. The van der Waals surface area contributed by atoms with Crippen molar-refractivity contribution >= 4 is 40.5 Å². The Bertz CT molecular complexity index is 1800. The Hall–Kier alpha value is -5.05. The second-order valence-corrected chi connectivity index (χ2v) is 12.0. The van der Waals surface area contributed by atoms with Crippen LogP contribution in [0.5, 0.6) is 5.75 Å². The summed E-state index contributed by atoms with van der Waals surface area (Å²) in [5, 5.41) is 23.8. The van der Waals surface area contributed by atoms with E-state index in [0.717, 1.165) is 39.4 Å². The number of aliphatic hydroxyl groups is 1. The molecule has 8 nitrogen and oxygen atoms in total. The average Bonchev–Trinajstić information content (AvgIpc) is 3.61. The second-order valence-electron chi connectivity index (χ2n) is 12.0. The number of para-hydroxylation sites is 1. The normalized spacial score (nSPS) is 22.6. The van der Waals surface area contributed by atoms with E-state index < -0.39 is 11.8 Å². The number of nitrogens with zero attached hydrogens (tertiary/aromatic N) is 2. The second kappa shape index (κ2) is 12.7. The molecule has 2 aliphatic heterocycles. The van der Waals surface area contributed by atoms with E-state index in [4.69, 9.17) is 4.74 Å². The molecule has 1 aliphatic carbocycles. The van der Waals surface area contributed by atoms with E-state index in [9.17, 15) is 19.8 Å². The number of allylic oxidation sites excluding steroid dienone is 1. The number of carbonyl (C=O) groups excluding carboxylic acids is 2. The summed E-state index contributed by atoms with van der Waals surface area (Å²) in [6, 6.07) is 30.0. The molecule has 4 aromatic rings. The van der Waals surface area contributed by atoms with E-state index >= 15 is 0 Å². The van der Waals surface area contributed by atoms with Crippen molar-refractivity contribution in [3.63, 3.8) is 0 Å². The highest BCUT2D eigenvalue weighted by atomic mass is 16.5. The first kappa shape index (κ1) is 29.6. The first-order valence-corrected chi connectivity index (χ1v) is 15.7. The number of amides is 2. The highest BCUT2D eigenvalue weighted by Gasteiger charge is 2.57. The number of aromatic hydroxyl groups is 1. The van der Waals surface area contributed by atoms with Gasteiger partial charge in [0.25, 0.3) is 0 Å². The maximum absolute atomic E-state index is 14.0. The molecule has 2 saturated heterocycles. The number of hydrogen-bond donors (Lipinski definition) is 3. The molecule has 0 spiro atoms. The Kier molecular flexibility index (Phi) is 8.22. The highest BCUT2D eigenvalue weighted by Crippen LogP contribution is 2.50. The lowest BCUT2D eigenvalue weighted by molar-refractivity contribution is -0.122. The average molecular weight is 614 g/mol. The monoisotopic (exact) mass is 613 g/mol. The number of hydrogen-bond acceptors (Lipinski definition) is 7. The Morgan fingerprint density at radius 3 is 2.43 bits per heavy atom. The van der Waals surface area contributed by atoms with Crippen LogP contribution in [0.25, 0.3) is 11.6 Å². The molecule has 0 bridgehead atoms. The van der Waals surface area contributed by atoms with Crippen LogP contribution in [0.15, 0.2) is 114 Å². The van der Waals surface area contributed by atoms with E-state index in [1.54, 1.807) is 36.5 Å². The molecule has 0 unspecified atom stereocenters. The predicted octanol–water partition coefficient (Wildman–Crippen LogP) is 6.37. The lowest BCUT2D eigenvalue weighted by atomic mass is 9.69. The van der Waals surface area contributed by atoms with Crippen LogP contribution >= 0.6 is 0 Å². The fraction of sp³-hybridized carbons (Fsp3) is 0.237. The van der Waals surface area contributed by atoms with Crippen molar-refractivity contribution in [2.45, 2.75) is 25.4 Å². The summed E-state index contributed by atoms with van der Waals surface area (Å²) in [5.41, 5.74) is 6.79. The van der Waals surface area contributed by atoms with E-state index in [-0.39, 0.29) is 36.2 Å². The molecule has 3 N–H and O–H groups in total. The topological polar surface area (TPSA) is 112 Å². The van der Waals surface area contributed by atoms with Gasteiger partial charge >= 0.3 is 0 Å². The van der Waals surface area contributed by atoms with Gasteiger partial charge in [-0.3, -0.25) is 19.5 Å². The van der Waals surface area contributed by atoms with E-state index in [0.29, 0.717) is 31.6 Å². The molecule has 7 rings (SSSR count). The van der Waals surface area contributed by atoms with Gasteiger partial charge in [0.2, 0.25) is 11.8 Å². The zero-order valence-corrected chi connectivity index (χ0v) is 25.3. The molecule has 3 aromatic carbocycles. The van der Waals surface area contributed by atoms with Crippen molar-refractivity contribution in [2.75, 3.05) is 23.4 Å². The SMILES string of the molecule is O=C1[C@@H]2[C@@H](CC(CO)=C3[C@@H](CC/C(=C/c4cccc(O)c4)c4ccccn4)OC[C@@H]32)C(=O)N1c1ccc(Nc2ccccc2)cc1. The largest absolute Gasteiger partial charge is 0.508 e. The van der Waals surface area contributed by atoms with Crippen molar-refractivity contribution in [3.05, 3.63) is 126 Å². The molecule has 232 valence electrons. The highest BCUT2D eigenvalue weighted by molar-refractivity contribution is 6.22. The third-order valence-corrected chi connectivity index (χ3v) is 9.27. The molecule has 2 fully saturated rings. The molecule has 0 radical (unpaired) electrons. The number of phenols is 1. The van der Waals surface area contributed by atoms with E-state index in [1.165, 1.54) is 4.90 Å². The third kappa shape index (κ3) is 5.73. The number of fused-ring (bicyclic) bond motifs is 3. The van der Waals surface area contributed by atoms with Crippen LogP contribution in [0.4, 0.5) is 17.1 Å². The van der Waals surface area contributed by atoms with Crippen molar-refractivity contribution in [3.8, 4) is 5.75 Å². The van der Waals surface area contributed by atoms with Crippen LogP contribution in [-0.2, 0) is 14.3 Å². The van der Waals surface area contributed by atoms with Gasteiger partial charge in [-0.15, -0.1) is 0 Å².